The fourth-order valence-corrected chi connectivity index (χ4v) is 2.29. The van der Waals surface area contributed by atoms with E-state index in [9.17, 15) is 4.79 Å². The van der Waals surface area contributed by atoms with Crippen LogP contribution in [0, 0.1) is 5.92 Å². The first-order valence-electron chi connectivity index (χ1n) is 7.06. The molecule has 108 valence electrons. The Morgan fingerprint density at radius 3 is 2.53 bits per heavy atom. The molecular formula is C15H27N3O. The predicted molar refractivity (Wildman–Crippen MR) is 79.0 cm³/mol. The van der Waals surface area contributed by atoms with Crippen molar-refractivity contribution < 1.29 is 4.79 Å². The fraction of sp³-hybridized carbons (Fsp3) is 0.667. The summed E-state index contributed by atoms with van der Waals surface area (Å²) in [5.74, 6) is 0.657. The van der Waals surface area contributed by atoms with Crippen LogP contribution < -0.4 is 10.6 Å². The highest BCUT2D eigenvalue weighted by molar-refractivity contribution is 5.76. The molecule has 0 aliphatic heterocycles. The first kappa shape index (κ1) is 15.8. The van der Waals surface area contributed by atoms with E-state index >= 15 is 0 Å². The molecule has 0 saturated carbocycles. The van der Waals surface area contributed by atoms with Crippen molar-refractivity contribution in [2.24, 2.45) is 5.92 Å². The van der Waals surface area contributed by atoms with Crippen LogP contribution in [0.25, 0.3) is 0 Å². The summed E-state index contributed by atoms with van der Waals surface area (Å²) in [4.78, 5) is 11.6. The van der Waals surface area contributed by atoms with Gasteiger partial charge in [0.2, 0.25) is 5.91 Å². The smallest absolute Gasteiger partial charge is 0.221 e. The molecule has 0 spiro atoms. The Labute approximate surface area is 116 Å². The summed E-state index contributed by atoms with van der Waals surface area (Å²) in [5, 5.41) is 6.24. The monoisotopic (exact) mass is 265 g/mol. The highest BCUT2D eigenvalue weighted by atomic mass is 16.1. The van der Waals surface area contributed by atoms with Crippen LogP contribution in [0.5, 0.6) is 0 Å². The molecule has 4 heteroatoms. The lowest BCUT2D eigenvalue weighted by molar-refractivity contribution is -0.121. The van der Waals surface area contributed by atoms with Crippen molar-refractivity contribution in [3.8, 4) is 0 Å². The van der Waals surface area contributed by atoms with Crippen molar-refractivity contribution in [2.45, 2.75) is 52.7 Å². The van der Waals surface area contributed by atoms with Crippen molar-refractivity contribution in [1.29, 1.82) is 0 Å². The Hall–Kier alpha value is -1.29. The summed E-state index contributed by atoms with van der Waals surface area (Å²) in [6, 6.07) is 2.70. The van der Waals surface area contributed by atoms with Crippen LogP contribution in [0.1, 0.15) is 45.7 Å². The van der Waals surface area contributed by atoms with Gasteiger partial charge >= 0.3 is 0 Å². The molecule has 19 heavy (non-hydrogen) atoms. The second kappa shape index (κ2) is 7.34. The van der Waals surface area contributed by atoms with Gasteiger partial charge in [-0.25, -0.2) is 0 Å². The first-order chi connectivity index (χ1) is 8.93. The second-order valence-corrected chi connectivity index (χ2v) is 5.67. The molecule has 0 aliphatic carbocycles. The number of rotatable bonds is 7. The minimum absolute atomic E-state index is 0.110. The van der Waals surface area contributed by atoms with Gasteiger partial charge in [0, 0.05) is 37.4 Å². The molecule has 1 unspecified atom stereocenters. The molecule has 1 rings (SSSR count). The van der Waals surface area contributed by atoms with Gasteiger partial charge in [-0.05, 0) is 38.4 Å². The molecule has 0 aliphatic rings. The molecular weight excluding hydrogens is 238 g/mol. The van der Waals surface area contributed by atoms with E-state index in [-0.39, 0.29) is 11.9 Å². The number of hydrogen-bond donors (Lipinski definition) is 2. The highest BCUT2D eigenvalue weighted by Gasteiger charge is 2.14. The third-order valence-corrected chi connectivity index (χ3v) is 3.16. The molecule has 1 aromatic heterocycles. The van der Waals surface area contributed by atoms with E-state index in [1.807, 2.05) is 27.1 Å². The molecule has 1 amide bonds. The first-order valence-corrected chi connectivity index (χ1v) is 7.06. The van der Waals surface area contributed by atoms with Gasteiger partial charge < -0.3 is 15.2 Å². The number of carbonyl (C=O) groups excluding carboxylic acids is 1. The molecule has 4 nitrogen and oxygen atoms in total. The molecule has 0 bridgehead atoms. The average Bonchev–Trinajstić information content (AvgIpc) is 2.74. The Kier molecular flexibility index (Phi) is 6.09. The van der Waals surface area contributed by atoms with E-state index in [4.69, 9.17) is 0 Å². The number of aromatic nitrogens is 1. The van der Waals surface area contributed by atoms with Gasteiger partial charge in [0.1, 0.15) is 0 Å². The topological polar surface area (TPSA) is 46.1 Å². The molecule has 0 radical (unpaired) electrons. The molecule has 1 aromatic rings. The van der Waals surface area contributed by atoms with Gasteiger partial charge in [-0.1, -0.05) is 13.8 Å². The Bertz CT molecular complexity index is 396. The summed E-state index contributed by atoms with van der Waals surface area (Å²) in [6.45, 7) is 9.09. The summed E-state index contributed by atoms with van der Waals surface area (Å²) in [6.07, 6.45) is 4.70. The van der Waals surface area contributed by atoms with E-state index in [0.29, 0.717) is 18.4 Å². The second-order valence-electron chi connectivity index (χ2n) is 5.67. The summed E-state index contributed by atoms with van der Waals surface area (Å²) in [5.41, 5.74) is 1.28. The lowest BCUT2D eigenvalue weighted by Gasteiger charge is -2.18. The van der Waals surface area contributed by atoms with Crippen LogP contribution in [0.3, 0.4) is 0 Å². The largest absolute Gasteiger partial charge is 0.354 e. The van der Waals surface area contributed by atoms with Crippen molar-refractivity contribution in [2.75, 3.05) is 7.05 Å². The van der Waals surface area contributed by atoms with Gasteiger partial charge in [0.25, 0.3) is 0 Å². The van der Waals surface area contributed by atoms with E-state index in [2.05, 4.69) is 41.3 Å². The van der Waals surface area contributed by atoms with Crippen LogP contribution >= 0.6 is 0 Å². The van der Waals surface area contributed by atoms with Crippen molar-refractivity contribution in [1.82, 2.24) is 15.2 Å². The molecule has 0 aromatic carbocycles. The summed E-state index contributed by atoms with van der Waals surface area (Å²) >= 11 is 0. The van der Waals surface area contributed by atoms with Crippen LogP contribution in [-0.2, 0) is 11.3 Å². The zero-order chi connectivity index (χ0) is 14.4. The third-order valence-electron chi connectivity index (χ3n) is 3.16. The fourth-order valence-electron chi connectivity index (χ4n) is 2.29. The van der Waals surface area contributed by atoms with Crippen LogP contribution in [0.15, 0.2) is 18.5 Å². The van der Waals surface area contributed by atoms with Gasteiger partial charge in [-0.2, -0.15) is 0 Å². The third kappa shape index (κ3) is 5.07. The van der Waals surface area contributed by atoms with Crippen LogP contribution in [-0.4, -0.2) is 23.6 Å². The molecule has 2 N–H and O–H groups in total. The number of aryl methyl sites for hydroxylation is 1. The number of nitrogens with one attached hydrogen (secondary N) is 2. The van der Waals surface area contributed by atoms with Crippen molar-refractivity contribution in [3.63, 3.8) is 0 Å². The predicted octanol–water partition coefficient (Wildman–Crippen LogP) is 2.32. The highest BCUT2D eigenvalue weighted by Crippen LogP contribution is 2.21. The van der Waals surface area contributed by atoms with E-state index < -0.39 is 0 Å². The minimum Gasteiger partial charge on any atom is -0.354 e. The summed E-state index contributed by atoms with van der Waals surface area (Å²) < 4.78 is 2.09. The van der Waals surface area contributed by atoms with Crippen LogP contribution in [0.4, 0.5) is 0 Å². The lowest BCUT2D eigenvalue weighted by atomic mass is 9.99. The average molecular weight is 265 g/mol. The Morgan fingerprint density at radius 2 is 2.00 bits per heavy atom. The summed E-state index contributed by atoms with van der Waals surface area (Å²) in [7, 11) is 1.98. The van der Waals surface area contributed by atoms with E-state index in [1.54, 1.807) is 0 Å². The van der Waals surface area contributed by atoms with Crippen molar-refractivity contribution >= 4 is 5.91 Å². The standard InChI is InChI=1S/C15H27N3O/c1-11(2)15(16-5)13-6-8-18(10-13)9-7-14(19)17-12(3)4/h6,8,10-12,15-16H,7,9H2,1-5H3,(H,17,19). The Morgan fingerprint density at radius 1 is 1.32 bits per heavy atom. The molecule has 1 heterocycles. The normalized spacial score (nSPS) is 13.0. The lowest BCUT2D eigenvalue weighted by Crippen LogP contribution is -2.30. The molecule has 0 fully saturated rings. The number of hydrogen-bond acceptors (Lipinski definition) is 2. The van der Waals surface area contributed by atoms with Gasteiger partial charge in [0.05, 0.1) is 0 Å². The zero-order valence-electron chi connectivity index (χ0n) is 12.7. The SMILES string of the molecule is CNC(c1ccn(CCC(=O)NC(C)C)c1)C(C)C. The van der Waals surface area contributed by atoms with E-state index in [1.165, 1.54) is 5.56 Å². The van der Waals surface area contributed by atoms with Gasteiger partial charge in [0.15, 0.2) is 0 Å². The molecule has 0 saturated heterocycles. The quantitative estimate of drug-likeness (QED) is 0.795. The maximum Gasteiger partial charge on any atom is 0.221 e. The maximum atomic E-state index is 11.6. The van der Waals surface area contributed by atoms with Gasteiger partial charge in [-0.3, -0.25) is 4.79 Å². The Balaban J connectivity index is 2.53. The number of nitrogens with zero attached hydrogens (tertiary/aromatic N) is 1. The van der Waals surface area contributed by atoms with E-state index in [0.717, 1.165) is 6.54 Å². The molecule has 1 atom stereocenters. The maximum absolute atomic E-state index is 11.6. The minimum atomic E-state index is 0.110. The number of amides is 1. The van der Waals surface area contributed by atoms with Crippen molar-refractivity contribution in [3.05, 3.63) is 24.0 Å². The zero-order valence-corrected chi connectivity index (χ0v) is 12.7. The van der Waals surface area contributed by atoms with Crippen LogP contribution in [0.2, 0.25) is 0 Å². The van der Waals surface area contributed by atoms with Gasteiger partial charge in [-0.15, -0.1) is 0 Å². The number of carbonyl (C=O) groups is 1.